The molecule has 1 aliphatic heterocycles. The largest absolute Gasteiger partial charge is 0.455 e. The molecule has 4 heteroatoms. The van der Waals surface area contributed by atoms with Crippen LogP contribution in [0.3, 0.4) is 0 Å². The first kappa shape index (κ1) is 28.8. The Morgan fingerprint density at radius 2 is 0.860 bits per heavy atom. The van der Waals surface area contributed by atoms with Crippen LogP contribution >= 0.6 is 11.8 Å². The summed E-state index contributed by atoms with van der Waals surface area (Å²) in [6.07, 6.45) is 0. The fourth-order valence-corrected chi connectivity index (χ4v) is 8.00. The summed E-state index contributed by atoms with van der Waals surface area (Å²) in [6, 6.07) is 59.7. The van der Waals surface area contributed by atoms with Gasteiger partial charge in [-0.05, 0) is 79.8 Å². The third-order valence-electron chi connectivity index (χ3n) is 9.54. The number of aromatic nitrogens is 2. The number of fused-ring (bicyclic) bond motifs is 8. The summed E-state index contributed by atoms with van der Waals surface area (Å²) in [6.45, 7) is 0. The van der Waals surface area contributed by atoms with E-state index in [1.807, 2.05) is 24.3 Å². The minimum Gasteiger partial charge on any atom is -0.455 e. The molecule has 2 heterocycles. The Kier molecular flexibility index (Phi) is 6.74. The van der Waals surface area contributed by atoms with E-state index in [9.17, 15) is 0 Å². The number of hydrogen-bond acceptors (Lipinski definition) is 4. The van der Waals surface area contributed by atoms with Crippen LogP contribution in [0.1, 0.15) is 0 Å². The van der Waals surface area contributed by atoms with Crippen molar-refractivity contribution in [2.45, 2.75) is 9.79 Å². The number of ether oxygens (including phenoxy) is 1. The second kappa shape index (κ2) is 11.7. The molecule has 0 fully saturated rings. The molecule has 0 unspecified atom stereocenters. The standard InChI is InChI=1S/C46H28N2OS/c1-2-10-29(11-3-1)30-18-20-31(21-19-30)40-28-41(32-23-25-45-43(27-32)49-42-16-8-9-17-44(42)50-45)48-46(47-40)33-22-24-38-36-14-5-4-12-34(36)35-13-6-7-15-37(35)39(38)26-33/h1-28H. The van der Waals surface area contributed by atoms with Crippen LogP contribution in [0.5, 0.6) is 11.5 Å². The molecule has 0 saturated carbocycles. The lowest BCUT2D eigenvalue weighted by molar-refractivity contribution is 0.455. The van der Waals surface area contributed by atoms with E-state index in [0.717, 1.165) is 49.4 Å². The summed E-state index contributed by atoms with van der Waals surface area (Å²) >= 11 is 1.73. The van der Waals surface area contributed by atoms with Gasteiger partial charge in [-0.2, -0.15) is 0 Å². The summed E-state index contributed by atoms with van der Waals surface area (Å²) in [4.78, 5) is 12.7. The molecule has 9 aromatic rings. The Balaban J connectivity index is 1.14. The molecule has 1 aromatic heterocycles. The molecular weight excluding hydrogens is 629 g/mol. The van der Waals surface area contributed by atoms with Crippen LogP contribution in [0.15, 0.2) is 180 Å². The quantitative estimate of drug-likeness (QED) is 0.177. The SMILES string of the molecule is c1ccc(-c2ccc(-c3cc(-c4ccc5c(c4)Oc4ccccc4S5)nc(-c4ccc5c6ccccc6c6ccccc6c5c4)n3)cc2)cc1. The first-order chi connectivity index (χ1) is 24.7. The Morgan fingerprint density at radius 3 is 1.60 bits per heavy atom. The third-order valence-corrected chi connectivity index (χ3v) is 10.7. The van der Waals surface area contributed by atoms with Gasteiger partial charge in [0.25, 0.3) is 0 Å². The minimum absolute atomic E-state index is 0.683. The molecule has 0 saturated heterocycles. The molecular formula is C46H28N2OS. The zero-order chi connectivity index (χ0) is 33.0. The fourth-order valence-electron chi connectivity index (χ4n) is 7.07. The van der Waals surface area contributed by atoms with E-state index in [2.05, 4.69) is 146 Å². The van der Waals surface area contributed by atoms with E-state index < -0.39 is 0 Å². The molecule has 0 atom stereocenters. The monoisotopic (exact) mass is 656 g/mol. The molecule has 0 spiro atoms. The van der Waals surface area contributed by atoms with Crippen molar-refractivity contribution in [1.29, 1.82) is 0 Å². The van der Waals surface area contributed by atoms with Gasteiger partial charge in [-0.15, -0.1) is 0 Å². The molecule has 8 aromatic carbocycles. The van der Waals surface area contributed by atoms with Gasteiger partial charge in [0.15, 0.2) is 5.82 Å². The normalized spacial score (nSPS) is 12.1. The second-order valence-corrected chi connectivity index (χ2v) is 13.7. The van der Waals surface area contributed by atoms with Gasteiger partial charge in [-0.1, -0.05) is 145 Å². The van der Waals surface area contributed by atoms with Gasteiger partial charge < -0.3 is 4.74 Å². The first-order valence-corrected chi connectivity index (χ1v) is 17.5. The summed E-state index contributed by atoms with van der Waals surface area (Å²) in [7, 11) is 0. The maximum atomic E-state index is 6.38. The highest BCUT2D eigenvalue weighted by Crippen LogP contribution is 2.48. The molecule has 0 bridgehead atoms. The van der Waals surface area contributed by atoms with Crippen molar-refractivity contribution in [3.63, 3.8) is 0 Å². The Bertz CT molecular complexity index is 2720. The summed E-state index contributed by atoms with van der Waals surface area (Å²) in [5.41, 5.74) is 7.05. The van der Waals surface area contributed by atoms with Gasteiger partial charge in [-0.3, -0.25) is 0 Å². The van der Waals surface area contributed by atoms with E-state index in [-0.39, 0.29) is 0 Å². The van der Waals surface area contributed by atoms with Gasteiger partial charge in [-0.25, -0.2) is 9.97 Å². The van der Waals surface area contributed by atoms with Crippen molar-refractivity contribution in [1.82, 2.24) is 9.97 Å². The maximum absolute atomic E-state index is 6.38. The molecule has 3 nitrogen and oxygen atoms in total. The smallest absolute Gasteiger partial charge is 0.160 e. The zero-order valence-corrected chi connectivity index (χ0v) is 27.7. The van der Waals surface area contributed by atoms with Crippen LogP contribution in [0.4, 0.5) is 0 Å². The highest BCUT2D eigenvalue weighted by Gasteiger charge is 2.20. The van der Waals surface area contributed by atoms with E-state index in [4.69, 9.17) is 14.7 Å². The van der Waals surface area contributed by atoms with E-state index >= 15 is 0 Å². The molecule has 234 valence electrons. The van der Waals surface area contributed by atoms with Crippen molar-refractivity contribution < 1.29 is 4.74 Å². The maximum Gasteiger partial charge on any atom is 0.160 e. The zero-order valence-electron chi connectivity index (χ0n) is 26.9. The highest BCUT2D eigenvalue weighted by atomic mass is 32.2. The molecule has 0 aliphatic carbocycles. The summed E-state index contributed by atoms with van der Waals surface area (Å²) in [5, 5.41) is 7.39. The predicted molar refractivity (Wildman–Crippen MR) is 207 cm³/mol. The molecule has 0 radical (unpaired) electrons. The topological polar surface area (TPSA) is 35.0 Å². The average Bonchev–Trinajstić information content (AvgIpc) is 3.20. The van der Waals surface area contributed by atoms with E-state index in [1.165, 1.54) is 43.4 Å². The van der Waals surface area contributed by atoms with Gasteiger partial charge in [0, 0.05) is 16.7 Å². The van der Waals surface area contributed by atoms with Gasteiger partial charge in [0.1, 0.15) is 11.5 Å². The lowest BCUT2D eigenvalue weighted by Gasteiger charge is -2.20. The van der Waals surface area contributed by atoms with Crippen LogP contribution in [0.25, 0.3) is 77.3 Å². The molecule has 1 aliphatic rings. The number of hydrogen-bond donors (Lipinski definition) is 0. The van der Waals surface area contributed by atoms with Crippen LogP contribution in [-0.4, -0.2) is 9.97 Å². The molecule has 0 N–H and O–H groups in total. The lowest BCUT2D eigenvalue weighted by Crippen LogP contribution is -1.98. The lowest BCUT2D eigenvalue weighted by atomic mass is 9.93. The Hall–Kier alpha value is -6.23. The minimum atomic E-state index is 0.683. The Labute approximate surface area is 293 Å². The van der Waals surface area contributed by atoms with Crippen molar-refractivity contribution >= 4 is 44.1 Å². The number of rotatable bonds is 4. The average molecular weight is 657 g/mol. The second-order valence-electron chi connectivity index (χ2n) is 12.6. The summed E-state index contributed by atoms with van der Waals surface area (Å²) in [5.74, 6) is 2.40. The summed E-state index contributed by atoms with van der Waals surface area (Å²) < 4.78 is 6.38. The third kappa shape index (κ3) is 4.92. The van der Waals surface area contributed by atoms with E-state index in [1.54, 1.807) is 11.8 Å². The van der Waals surface area contributed by atoms with Gasteiger partial charge >= 0.3 is 0 Å². The van der Waals surface area contributed by atoms with Crippen LogP contribution < -0.4 is 4.74 Å². The van der Waals surface area contributed by atoms with Crippen molar-refractivity contribution in [2.75, 3.05) is 0 Å². The highest BCUT2D eigenvalue weighted by molar-refractivity contribution is 7.99. The number of benzene rings is 8. The van der Waals surface area contributed by atoms with Crippen molar-refractivity contribution in [3.05, 3.63) is 170 Å². The van der Waals surface area contributed by atoms with Gasteiger partial charge in [0.05, 0.1) is 21.2 Å². The van der Waals surface area contributed by atoms with Crippen LogP contribution in [0.2, 0.25) is 0 Å². The van der Waals surface area contributed by atoms with Crippen molar-refractivity contribution in [3.8, 4) is 56.5 Å². The molecule has 10 rings (SSSR count). The van der Waals surface area contributed by atoms with Crippen LogP contribution in [0, 0.1) is 0 Å². The number of para-hydroxylation sites is 1. The molecule has 50 heavy (non-hydrogen) atoms. The Morgan fingerprint density at radius 1 is 0.340 bits per heavy atom. The number of nitrogens with zero attached hydrogens (tertiary/aromatic N) is 2. The first-order valence-electron chi connectivity index (χ1n) is 16.7. The van der Waals surface area contributed by atoms with E-state index in [0.29, 0.717) is 5.82 Å². The van der Waals surface area contributed by atoms with Crippen LogP contribution in [-0.2, 0) is 0 Å². The molecule has 0 amide bonds. The fraction of sp³-hybridized carbons (Fsp3) is 0. The van der Waals surface area contributed by atoms with Gasteiger partial charge in [0.2, 0.25) is 0 Å². The predicted octanol–water partition coefficient (Wildman–Crippen LogP) is 12.9. The van der Waals surface area contributed by atoms with Crippen molar-refractivity contribution in [2.24, 2.45) is 0 Å².